The van der Waals surface area contributed by atoms with E-state index in [1.54, 1.807) is 31.2 Å². The molecular formula is C17H16N2O6. The van der Waals surface area contributed by atoms with E-state index in [0.717, 1.165) is 12.7 Å². The van der Waals surface area contributed by atoms with Crippen LogP contribution < -0.4 is 5.32 Å². The van der Waals surface area contributed by atoms with Crippen LogP contribution in [0.5, 0.6) is 0 Å². The Labute approximate surface area is 143 Å². The lowest BCUT2D eigenvalue weighted by Gasteiger charge is -2.12. The molecule has 2 rings (SSSR count). The Hall–Kier alpha value is -3.42. The molecular weight excluding hydrogens is 328 g/mol. The van der Waals surface area contributed by atoms with Crippen LogP contribution in [-0.4, -0.2) is 24.1 Å². The van der Waals surface area contributed by atoms with Gasteiger partial charge in [-0.3, -0.25) is 15.4 Å². The second-order valence-electron chi connectivity index (χ2n) is 5.14. The molecule has 0 aliphatic rings. The van der Waals surface area contributed by atoms with Gasteiger partial charge in [-0.1, -0.05) is 30.3 Å². The molecule has 130 valence electrons. The molecule has 8 nitrogen and oxygen atoms in total. The average Bonchev–Trinajstić information content (AvgIpc) is 2.61. The van der Waals surface area contributed by atoms with Gasteiger partial charge in [0.25, 0.3) is 5.69 Å². The molecule has 1 N–H and O–H groups in total. The first-order valence-electron chi connectivity index (χ1n) is 7.27. The molecule has 0 saturated carbocycles. The van der Waals surface area contributed by atoms with E-state index in [9.17, 15) is 19.7 Å². The molecule has 0 atom stereocenters. The largest absolute Gasteiger partial charge is 0.465 e. The molecule has 0 fully saturated rings. The number of anilines is 1. The Bertz CT molecular complexity index is 804. The van der Waals surface area contributed by atoms with Crippen molar-refractivity contribution in [2.24, 2.45) is 0 Å². The molecule has 2 aromatic rings. The fourth-order valence-corrected chi connectivity index (χ4v) is 2.17. The van der Waals surface area contributed by atoms with E-state index in [1.165, 1.54) is 12.1 Å². The van der Waals surface area contributed by atoms with Gasteiger partial charge in [0.1, 0.15) is 12.3 Å². The van der Waals surface area contributed by atoms with E-state index in [-0.39, 0.29) is 17.9 Å². The van der Waals surface area contributed by atoms with Crippen molar-refractivity contribution in [3.63, 3.8) is 0 Å². The van der Waals surface area contributed by atoms with Gasteiger partial charge in [-0.05, 0) is 24.1 Å². The smallest absolute Gasteiger partial charge is 0.412 e. The van der Waals surface area contributed by atoms with E-state index in [0.29, 0.717) is 5.56 Å². The maximum Gasteiger partial charge on any atom is 0.412 e. The van der Waals surface area contributed by atoms with Crippen LogP contribution in [0.25, 0.3) is 0 Å². The molecule has 0 saturated heterocycles. The van der Waals surface area contributed by atoms with E-state index in [2.05, 4.69) is 10.1 Å². The fraction of sp³-hybridized carbons (Fsp3) is 0.176. The predicted octanol–water partition coefficient (Wildman–Crippen LogP) is 3.44. The van der Waals surface area contributed by atoms with Crippen molar-refractivity contribution < 1.29 is 24.0 Å². The maximum atomic E-state index is 12.0. The molecule has 1 amide bonds. The number of benzene rings is 2. The third kappa shape index (κ3) is 4.54. The van der Waals surface area contributed by atoms with Crippen LogP contribution in [0.4, 0.5) is 16.2 Å². The molecule has 0 aliphatic heterocycles. The molecule has 8 heteroatoms. The van der Waals surface area contributed by atoms with E-state index in [1.807, 2.05) is 6.07 Å². The summed E-state index contributed by atoms with van der Waals surface area (Å²) < 4.78 is 9.66. The molecule has 0 radical (unpaired) electrons. The predicted molar refractivity (Wildman–Crippen MR) is 89.4 cm³/mol. The van der Waals surface area contributed by atoms with Crippen LogP contribution in [0.2, 0.25) is 0 Å². The van der Waals surface area contributed by atoms with Gasteiger partial charge in [0, 0.05) is 6.07 Å². The third-order valence-electron chi connectivity index (χ3n) is 3.30. The highest BCUT2D eigenvalue weighted by Gasteiger charge is 2.25. The average molecular weight is 344 g/mol. The van der Waals surface area contributed by atoms with E-state index < -0.39 is 22.7 Å². The topological polar surface area (TPSA) is 108 Å². The SMILES string of the molecule is COC(=O)c1cc(C)cc([N+](=O)[O-])c1NC(=O)OCc1ccccc1. The van der Waals surface area contributed by atoms with Gasteiger partial charge in [-0.15, -0.1) is 0 Å². The second kappa shape index (κ2) is 7.91. The summed E-state index contributed by atoms with van der Waals surface area (Å²) >= 11 is 0. The summed E-state index contributed by atoms with van der Waals surface area (Å²) in [6.45, 7) is 1.58. The summed E-state index contributed by atoms with van der Waals surface area (Å²) in [6.07, 6.45) is -0.916. The van der Waals surface area contributed by atoms with Crippen LogP contribution in [0, 0.1) is 17.0 Å². The van der Waals surface area contributed by atoms with Crippen LogP contribution in [-0.2, 0) is 16.1 Å². The van der Waals surface area contributed by atoms with Gasteiger partial charge in [0.2, 0.25) is 0 Å². The quantitative estimate of drug-likeness (QED) is 0.506. The van der Waals surface area contributed by atoms with Gasteiger partial charge in [0.05, 0.1) is 17.6 Å². The number of aryl methyl sites for hydroxylation is 1. The Balaban J connectivity index is 2.25. The van der Waals surface area contributed by atoms with Crippen LogP contribution in [0.1, 0.15) is 21.5 Å². The molecule has 0 aliphatic carbocycles. The summed E-state index contributed by atoms with van der Waals surface area (Å²) in [5.41, 5.74) is 0.433. The number of nitrogens with one attached hydrogen (secondary N) is 1. The zero-order valence-corrected chi connectivity index (χ0v) is 13.6. The number of hydrogen-bond acceptors (Lipinski definition) is 6. The molecule has 0 heterocycles. The Morgan fingerprint density at radius 3 is 2.48 bits per heavy atom. The Morgan fingerprint density at radius 1 is 1.20 bits per heavy atom. The number of amides is 1. The second-order valence-corrected chi connectivity index (χ2v) is 5.14. The minimum Gasteiger partial charge on any atom is -0.465 e. The molecule has 0 aromatic heterocycles. The first-order valence-corrected chi connectivity index (χ1v) is 7.27. The summed E-state index contributed by atoms with van der Waals surface area (Å²) in [5.74, 6) is -0.801. The Kier molecular flexibility index (Phi) is 5.67. The van der Waals surface area contributed by atoms with Crippen molar-refractivity contribution in [3.8, 4) is 0 Å². The lowest BCUT2D eigenvalue weighted by Crippen LogP contribution is -2.18. The number of rotatable bonds is 5. The summed E-state index contributed by atoms with van der Waals surface area (Å²) in [7, 11) is 1.15. The summed E-state index contributed by atoms with van der Waals surface area (Å²) in [4.78, 5) is 34.5. The number of nitrogens with zero attached hydrogens (tertiary/aromatic N) is 1. The molecule has 2 aromatic carbocycles. The van der Waals surface area contributed by atoms with Gasteiger partial charge in [-0.2, -0.15) is 0 Å². The lowest BCUT2D eigenvalue weighted by molar-refractivity contribution is -0.384. The maximum absolute atomic E-state index is 12.0. The van der Waals surface area contributed by atoms with Crippen molar-refractivity contribution in [2.45, 2.75) is 13.5 Å². The van der Waals surface area contributed by atoms with Gasteiger partial charge in [-0.25, -0.2) is 9.59 Å². The number of methoxy groups -OCH3 is 1. The normalized spacial score (nSPS) is 10.0. The van der Waals surface area contributed by atoms with Crippen LogP contribution >= 0.6 is 0 Å². The van der Waals surface area contributed by atoms with Crippen molar-refractivity contribution in [1.82, 2.24) is 0 Å². The number of carbonyl (C=O) groups excluding carboxylic acids is 2. The molecule has 0 unspecified atom stereocenters. The van der Waals surface area contributed by atoms with Crippen LogP contribution in [0.15, 0.2) is 42.5 Å². The highest BCUT2D eigenvalue weighted by atomic mass is 16.6. The number of carbonyl (C=O) groups is 2. The van der Waals surface area contributed by atoms with Crippen LogP contribution in [0.3, 0.4) is 0 Å². The van der Waals surface area contributed by atoms with E-state index in [4.69, 9.17) is 4.74 Å². The molecule has 0 bridgehead atoms. The van der Waals surface area contributed by atoms with Gasteiger partial charge in [0.15, 0.2) is 0 Å². The van der Waals surface area contributed by atoms with Crippen molar-refractivity contribution >= 4 is 23.4 Å². The monoisotopic (exact) mass is 344 g/mol. The summed E-state index contributed by atoms with van der Waals surface area (Å²) in [6, 6.07) is 11.6. The zero-order chi connectivity index (χ0) is 18.4. The third-order valence-corrected chi connectivity index (χ3v) is 3.30. The summed E-state index contributed by atoms with van der Waals surface area (Å²) in [5, 5.41) is 13.5. The number of esters is 1. The highest BCUT2D eigenvalue weighted by Crippen LogP contribution is 2.31. The van der Waals surface area contributed by atoms with Crippen molar-refractivity contribution in [3.05, 3.63) is 69.3 Å². The van der Waals surface area contributed by atoms with E-state index >= 15 is 0 Å². The van der Waals surface area contributed by atoms with Gasteiger partial charge >= 0.3 is 12.1 Å². The number of ether oxygens (including phenoxy) is 2. The standard InChI is InChI=1S/C17H16N2O6/c1-11-8-13(16(20)24-2)15(14(9-11)19(22)23)18-17(21)25-10-12-6-4-3-5-7-12/h3-9H,10H2,1-2H3,(H,18,21). The van der Waals surface area contributed by atoms with Gasteiger partial charge < -0.3 is 9.47 Å². The van der Waals surface area contributed by atoms with Crippen molar-refractivity contribution in [2.75, 3.05) is 12.4 Å². The minimum absolute atomic E-state index is 0.0140. The molecule has 25 heavy (non-hydrogen) atoms. The number of nitro groups is 1. The number of nitro benzene ring substituents is 1. The minimum atomic E-state index is -0.916. The first kappa shape index (κ1) is 17.9. The Morgan fingerprint density at radius 2 is 1.88 bits per heavy atom. The number of hydrogen-bond donors (Lipinski definition) is 1. The first-order chi connectivity index (χ1) is 11.9. The highest BCUT2D eigenvalue weighted by molar-refractivity contribution is 6.02. The van der Waals surface area contributed by atoms with Crippen molar-refractivity contribution in [1.29, 1.82) is 0 Å². The lowest BCUT2D eigenvalue weighted by atomic mass is 10.1. The zero-order valence-electron chi connectivity index (χ0n) is 13.6. The molecule has 0 spiro atoms. The fourth-order valence-electron chi connectivity index (χ4n) is 2.17.